The minimum atomic E-state index is -0.181. The molecule has 0 aliphatic rings. The molecule has 0 spiro atoms. The average molecular weight is 311 g/mol. The molecule has 124 valence electrons. The van der Waals surface area contributed by atoms with Gasteiger partial charge >= 0.3 is 0 Å². The number of nitrogens with one attached hydrogen (secondary N) is 2. The van der Waals surface area contributed by atoms with E-state index in [0.717, 1.165) is 24.5 Å². The molecule has 1 rings (SSSR count). The molecule has 0 saturated heterocycles. The third-order valence-electron chi connectivity index (χ3n) is 3.10. The van der Waals surface area contributed by atoms with Gasteiger partial charge in [-0.3, -0.25) is 4.99 Å². The van der Waals surface area contributed by atoms with Crippen LogP contribution in [0.4, 0.5) is 4.39 Å². The van der Waals surface area contributed by atoms with Gasteiger partial charge in [-0.05, 0) is 30.5 Å². The second kappa shape index (κ2) is 11.0. The first kappa shape index (κ1) is 18.4. The van der Waals surface area contributed by atoms with Crippen LogP contribution >= 0.6 is 0 Å². The first-order valence-electron chi connectivity index (χ1n) is 7.43. The summed E-state index contributed by atoms with van der Waals surface area (Å²) in [6.07, 6.45) is 0.889. The second-order valence-electron chi connectivity index (χ2n) is 4.89. The molecule has 0 fully saturated rings. The number of methoxy groups -OCH3 is 1. The summed E-state index contributed by atoms with van der Waals surface area (Å²) in [7, 11) is 3.38. The van der Waals surface area contributed by atoms with Crippen molar-refractivity contribution in [1.29, 1.82) is 0 Å². The van der Waals surface area contributed by atoms with Gasteiger partial charge in [0.05, 0.1) is 13.2 Å². The zero-order chi connectivity index (χ0) is 16.2. The lowest BCUT2D eigenvalue weighted by Gasteiger charge is -2.12. The van der Waals surface area contributed by atoms with Crippen LogP contribution in [0.15, 0.2) is 23.2 Å². The van der Waals surface area contributed by atoms with Crippen LogP contribution in [-0.2, 0) is 16.0 Å². The monoisotopic (exact) mass is 311 g/mol. The van der Waals surface area contributed by atoms with Gasteiger partial charge in [0.25, 0.3) is 0 Å². The van der Waals surface area contributed by atoms with Gasteiger partial charge in [0.2, 0.25) is 0 Å². The van der Waals surface area contributed by atoms with E-state index in [4.69, 9.17) is 9.47 Å². The van der Waals surface area contributed by atoms with Crippen molar-refractivity contribution in [3.8, 4) is 0 Å². The highest BCUT2D eigenvalue weighted by atomic mass is 19.1. The van der Waals surface area contributed by atoms with Gasteiger partial charge in [0, 0.05) is 33.9 Å². The predicted octanol–water partition coefficient (Wildman–Crippen LogP) is 1.85. The lowest BCUT2D eigenvalue weighted by Crippen LogP contribution is -2.37. The van der Waals surface area contributed by atoms with Crippen molar-refractivity contribution in [2.75, 3.05) is 40.5 Å². The summed E-state index contributed by atoms with van der Waals surface area (Å²) in [5.41, 5.74) is 1.67. The SMILES string of the molecule is CN=C(NCCCOCCOC)NCc1ccc(F)c(C)c1. The second-order valence-corrected chi connectivity index (χ2v) is 4.89. The molecule has 5 nitrogen and oxygen atoms in total. The van der Waals surface area contributed by atoms with Crippen LogP contribution in [0.2, 0.25) is 0 Å². The Morgan fingerprint density at radius 1 is 1.23 bits per heavy atom. The Balaban J connectivity index is 2.21. The first-order valence-corrected chi connectivity index (χ1v) is 7.43. The van der Waals surface area contributed by atoms with Crippen molar-refractivity contribution in [3.63, 3.8) is 0 Å². The van der Waals surface area contributed by atoms with E-state index >= 15 is 0 Å². The Kier molecular flexibility index (Phi) is 9.18. The van der Waals surface area contributed by atoms with Crippen LogP contribution in [0, 0.1) is 12.7 Å². The molecule has 0 atom stereocenters. The predicted molar refractivity (Wildman–Crippen MR) is 86.7 cm³/mol. The van der Waals surface area contributed by atoms with Gasteiger partial charge in [-0.25, -0.2) is 4.39 Å². The summed E-state index contributed by atoms with van der Waals surface area (Å²) in [6, 6.07) is 5.09. The first-order chi connectivity index (χ1) is 10.7. The van der Waals surface area contributed by atoms with Gasteiger partial charge in [0.1, 0.15) is 5.82 Å². The molecule has 6 heteroatoms. The van der Waals surface area contributed by atoms with Crippen LogP contribution in [0.1, 0.15) is 17.5 Å². The fourth-order valence-corrected chi connectivity index (χ4v) is 1.85. The summed E-state index contributed by atoms with van der Waals surface area (Å²) >= 11 is 0. The van der Waals surface area contributed by atoms with Crippen LogP contribution in [0.5, 0.6) is 0 Å². The molecule has 2 N–H and O–H groups in total. The Morgan fingerprint density at radius 2 is 2.05 bits per heavy atom. The van der Waals surface area contributed by atoms with E-state index in [-0.39, 0.29) is 5.82 Å². The van der Waals surface area contributed by atoms with Gasteiger partial charge in [-0.15, -0.1) is 0 Å². The number of rotatable bonds is 9. The molecule has 0 radical (unpaired) electrons. The van der Waals surface area contributed by atoms with E-state index in [1.54, 1.807) is 27.1 Å². The minimum Gasteiger partial charge on any atom is -0.382 e. The van der Waals surface area contributed by atoms with Crippen LogP contribution < -0.4 is 10.6 Å². The fourth-order valence-electron chi connectivity index (χ4n) is 1.85. The smallest absolute Gasteiger partial charge is 0.191 e. The molecular weight excluding hydrogens is 285 g/mol. The fraction of sp³-hybridized carbons (Fsp3) is 0.562. The number of halogens is 1. The highest BCUT2D eigenvalue weighted by Crippen LogP contribution is 2.08. The number of aliphatic imine (C=N–C) groups is 1. The number of aryl methyl sites for hydroxylation is 1. The molecule has 0 heterocycles. The quantitative estimate of drug-likeness (QED) is 0.415. The molecule has 0 aliphatic heterocycles. The molecule has 0 unspecified atom stereocenters. The molecule has 0 saturated carbocycles. The maximum Gasteiger partial charge on any atom is 0.191 e. The van der Waals surface area contributed by atoms with E-state index in [1.807, 2.05) is 6.07 Å². The zero-order valence-electron chi connectivity index (χ0n) is 13.6. The largest absolute Gasteiger partial charge is 0.382 e. The van der Waals surface area contributed by atoms with Crippen LogP contribution in [-0.4, -0.2) is 46.5 Å². The van der Waals surface area contributed by atoms with Crippen molar-refractivity contribution in [3.05, 3.63) is 35.1 Å². The highest BCUT2D eigenvalue weighted by Gasteiger charge is 2.01. The van der Waals surface area contributed by atoms with E-state index in [0.29, 0.717) is 31.9 Å². The van der Waals surface area contributed by atoms with Crippen molar-refractivity contribution in [2.24, 2.45) is 4.99 Å². The molecule has 0 aromatic heterocycles. The number of nitrogens with zero attached hydrogens (tertiary/aromatic N) is 1. The van der Waals surface area contributed by atoms with Crippen molar-refractivity contribution < 1.29 is 13.9 Å². The third-order valence-corrected chi connectivity index (χ3v) is 3.10. The Morgan fingerprint density at radius 3 is 2.73 bits per heavy atom. The minimum absolute atomic E-state index is 0.181. The highest BCUT2D eigenvalue weighted by molar-refractivity contribution is 5.79. The van der Waals surface area contributed by atoms with Crippen molar-refractivity contribution >= 4 is 5.96 Å². The van der Waals surface area contributed by atoms with Gasteiger partial charge in [-0.1, -0.05) is 12.1 Å². The van der Waals surface area contributed by atoms with E-state index in [1.165, 1.54) is 6.07 Å². The van der Waals surface area contributed by atoms with Gasteiger partial charge < -0.3 is 20.1 Å². The van der Waals surface area contributed by atoms with Crippen molar-refractivity contribution in [1.82, 2.24) is 10.6 Å². The van der Waals surface area contributed by atoms with Crippen LogP contribution in [0.25, 0.3) is 0 Å². The number of ether oxygens (including phenoxy) is 2. The molecule has 0 aliphatic carbocycles. The van der Waals surface area contributed by atoms with E-state index in [9.17, 15) is 4.39 Å². The zero-order valence-corrected chi connectivity index (χ0v) is 13.6. The number of benzene rings is 1. The van der Waals surface area contributed by atoms with E-state index in [2.05, 4.69) is 15.6 Å². The molecule has 1 aromatic carbocycles. The topological polar surface area (TPSA) is 54.9 Å². The maximum atomic E-state index is 13.2. The number of guanidine groups is 1. The summed E-state index contributed by atoms with van der Waals surface area (Å²) in [5, 5.41) is 6.41. The van der Waals surface area contributed by atoms with Crippen LogP contribution in [0.3, 0.4) is 0 Å². The number of hydrogen-bond donors (Lipinski definition) is 2. The Bertz CT molecular complexity index is 467. The summed E-state index contributed by atoms with van der Waals surface area (Å²) in [5.74, 6) is 0.540. The Hall–Kier alpha value is -1.66. The summed E-state index contributed by atoms with van der Waals surface area (Å²) in [4.78, 5) is 4.15. The number of hydrogen-bond acceptors (Lipinski definition) is 3. The summed E-state index contributed by atoms with van der Waals surface area (Å²) < 4.78 is 23.5. The van der Waals surface area contributed by atoms with Crippen molar-refractivity contribution in [2.45, 2.75) is 19.9 Å². The van der Waals surface area contributed by atoms with Gasteiger partial charge in [0.15, 0.2) is 5.96 Å². The van der Waals surface area contributed by atoms with Gasteiger partial charge in [-0.2, -0.15) is 0 Å². The average Bonchev–Trinajstić information content (AvgIpc) is 2.52. The lowest BCUT2D eigenvalue weighted by atomic mass is 10.1. The maximum absolute atomic E-state index is 13.2. The standard InChI is InChI=1S/C16H26FN3O2/c1-13-11-14(5-6-15(13)17)12-20-16(18-2)19-7-4-8-22-10-9-21-3/h5-6,11H,4,7-10,12H2,1-3H3,(H2,18,19,20). The summed E-state index contributed by atoms with van der Waals surface area (Å²) in [6.45, 7) is 5.06. The lowest BCUT2D eigenvalue weighted by molar-refractivity contribution is 0.0698. The van der Waals surface area contributed by atoms with E-state index < -0.39 is 0 Å². The molecular formula is C16H26FN3O2. The molecule has 22 heavy (non-hydrogen) atoms. The molecule has 0 bridgehead atoms. The third kappa shape index (κ3) is 7.38. The Labute approximate surface area is 131 Å². The molecule has 0 amide bonds. The normalized spacial score (nSPS) is 11.5. The molecule has 1 aromatic rings.